The van der Waals surface area contributed by atoms with Crippen molar-refractivity contribution in [2.45, 2.75) is 25.2 Å². The molecule has 33 heavy (non-hydrogen) atoms. The molecule has 1 amide bonds. The highest BCUT2D eigenvalue weighted by molar-refractivity contribution is 7.94. The Morgan fingerprint density at radius 1 is 1.00 bits per heavy atom. The van der Waals surface area contributed by atoms with Crippen LogP contribution in [0, 0.1) is 6.92 Å². The molecular weight excluding hydrogens is 466 g/mol. The van der Waals surface area contributed by atoms with Crippen molar-refractivity contribution < 1.29 is 26.4 Å². The molecule has 0 bridgehead atoms. The van der Waals surface area contributed by atoms with Crippen LogP contribution >= 0.6 is 0 Å². The van der Waals surface area contributed by atoms with Gasteiger partial charge in [-0.1, -0.05) is 12.1 Å². The van der Waals surface area contributed by atoms with E-state index >= 15 is 0 Å². The fourth-order valence-corrected chi connectivity index (χ4v) is 7.14. The van der Waals surface area contributed by atoms with Crippen molar-refractivity contribution in [2.24, 2.45) is 0 Å². The van der Waals surface area contributed by atoms with Crippen LogP contribution in [-0.4, -0.2) is 65.6 Å². The summed E-state index contributed by atoms with van der Waals surface area (Å²) < 4.78 is 59.4. The summed E-state index contributed by atoms with van der Waals surface area (Å²) in [6.45, 7) is 5.57. The van der Waals surface area contributed by atoms with Gasteiger partial charge in [-0.15, -0.1) is 0 Å². The summed E-state index contributed by atoms with van der Waals surface area (Å²) in [5, 5.41) is 0. The zero-order chi connectivity index (χ0) is 23.8. The Hall–Kier alpha value is -2.63. The number of aryl methyl sites for hydroxylation is 1. The SMILES string of the molecule is CCOc1ccc(N2C(=O)CCS2(=O)=O)cc1S(=O)(=O)N1CCN(c2cccc(C)c2)CC1. The maximum Gasteiger partial charge on any atom is 0.246 e. The van der Waals surface area contributed by atoms with Crippen LogP contribution in [-0.2, 0) is 24.8 Å². The minimum absolute atomic E-state index is 0.0120. The molecule has 9 nitrogen and oxygen atoms in total. The van der Waals surface area contributed by atoms with E-state index in [1.165, 1.54) is 22.5 Å². The lowest BCUT2D eigenvalue weighted by molar-refractivity contribution is -0.116. The first-order valence-electron chi connectivity index (χ1n) is 10.8. The van der Waals surface area contributed by atoms with Crippen molar-refractivity contribution in [3.05, 3.63) is 48.0 Å². The van der Waals surface area contributed by atoms with Gasteiger partial charge in [0.15, 0.2) is 0 Å². The molecule has 2 aliphatic rings. The van der Waals surface area contributed by atoms with Crippen molar-refractivity contribution in [1.29, 1.82) is 0 Å². The van der Waals surface area contributed by atoms with Crippen LogP contribution in [0.5, 0.6) is 5.75 Å². The van der Waals surface area contributed by atoms with Crippen molar-refractivity contribution in [3.63, 3.8) is 0 Å². The Kier molecular flexibility index (Phi) is 6.39. The third-order valence-electron chi connectivity index (χ3n) is 5.76. The van der Waals surface area contributed by atoms with Crippen LogP contribution in [0.4, 0.5) is 11.4 Å². The number of benzene rings is 2. The molecule has 0 spiro atoms. The fourth-order valence-electron chi connectivity index (χ4n) is 4.12. The monoisotopic (exact) mass is 493 g/mol. The summed E-state index contributed by atoms with van der Waals surface area (Å²) in [6.07, 6.45) is -0.126. The first kappa shape index (κ1) is 23.5. The number of piperazine rings is 1. The van der Waals surface area contributed by atoms with Crippen molar-refractivity contribution in [1.82, 2.24) is 4.31 Å². The molecule has 0 saturated carbocycles. The van der Waals surface area contributed by atoms with Crippen LogP contribution in [0.15, 0.2) is 47.4 Å². The molecule has 0 aromatic heterocycles. The van der Waals surface area contributed by atoms with Gasteiger partial charge in [-0.25, -0.2) is 21.1 Å². The summed E-state index contributed by atoms with van der Waals surface area (Å²) >= 11 is 0. The molecule has 2 aromatic carbocycles. The van der Waals surface area contributed by atoms with Gasteiger partial charge in [0.05, 0.1) is 18.0 Å². The predicted octanol–water partition coefficient (Wildman–Crippen LogP) is 1.97. The smallest absolute Gasteiger partial charge is 0.246 e. The van der Waals surface area contributed by atoms with Gasteiger partial charge in [0.1, 0.15) is 10.6 Å². The van der Waals surface area contributed by atoms with Crippen LogP contribution < -0.4 is 13.9 Å². The van der Waals surface area contributed by atoms with Crippen LogP contribution in [0.3, 0.4) is 0 Å². The van der Waals surface area contributed by atoms with Crippen LogP contribution in [0.2, 0.25) is 0 Å². The number of sulfonamides is 2. The summed E-state index contributed by atoms with van der Waals surface area (Å²) in [4.78, 5) is 14.2. The average Bonchev–Trinajstić information content (AvgIpc) is 3.06. The van der Waals surface area contributed by atoms with Crippen molar-refractivity contribution >= 4 is 37.3 Å². The normalized spacial score (nSPS) is 19.2. The zero-order valence-corrected chi connectivity index (χ0v) is 20.2. The second kappa shape index (κ2) is 8.96. The number of ether oxygens (including phenoxy) is 1. The van der Waals surface area contributed by atoms with E-state index in [0.29, 0.717) is 17.4 Å². The minimum Gasteiger partial charge on any atom is -0.492 e. The summed E-state index contributed by atoms with van der Waals surface area (Å²) in [5.41, 5.74) is 2.19. The quantitative estimate of drug-likeness (QED) is 0.606. The number of carbonyl (C=O) groups is 1. The van der Waals surface area contributed by atoms with E-state index in [0.717, 1.165) is 11.3 Å². The number of amides is 1. The molecule has 0 unspecified atom stereocenters. The van der Waals surface area contributed by atoms with E-state index in [1.54, 1.807) is 6.92 Å². The maximum atomic E-state index is 13.6. The van der Waals surface area contributed by atoms with E-state index in [2.05, 4.69) is 11.0 Å². The van der Waals surface area contributed by atoms with Gasteiger partial charge in [-0.05, 0) is 49.7 Å². The van der Waals surface area contributed by atoms with Gasteiger partial charge in [0, 0.05) is 38.3 Å². The molecule has 0 radical (unpaired) electrons. The predicted molar refractivity (Wildman–Crippen MR) is 126 cm³/mol. The number of rotatable bonds is 6. The maximum absolute atomic E-state index is 13.6. The third-order valence-corrected chi connectivity index (χ3v) is 9.37. The lowest BCUT2D eigenvalue weighted by Crippen LogP contribution is -2.48. The van der Waals surface area contributed by atoms with Gasteiger partial charge in [-0.2, -0.15) is 4.31 Å². The molecule has 2 aromatic rings. The highest BCUT2D eigenvalue weighted by Crippen LogP contribution is 2.34. The molecule has 0 atom stereocenters. The molecule has 2 heterocycles. The minimum atomic E-state index is -3.99. The standard InChI is InChI=1S/C22H27N3O6S2/c1-3-31-20-8-7-19(25-22(26)9-14-32(25,27)28)16-21(20)33(29,30)24-12-10-23(11-13-24)18-6-4-5-17(2)15-18/h4-8,15-16H,3,9-14H2,1-2H3. The number of hydrogen-bond acceptors (Lipinski definition) is 7. The lowest BCUT2D eigenvalue weighted by Gasteiger charge is -2.35. The molecule has 2 saturated heterocycles. The van der Waals surface area contributed by atoms with E-state index < -0.39 is 26.0 Å². The first-order valence-corrected chi connectivity index (χ1v) is 13.8. The third kappa shape index (κ3) is 4.57. The van der Waals surface area contributed by atoms with Crippen LogP contribution in [0.1, 0.15) is 18.9 Å². The van der Waals surface area contributed by atoms with Crippen molar-refractivity contribution in [3.8, 4) is 5.75 Å². The van der Waals surface area contributed by atoms with Gasteiger partial charge < -0.3 is 9.64 Å². The molecule has 2 fully saturated rings. The van der Waals surface area contributed by atoms with Crippen LogP contribution in [0.25, 0.3) is 0 Å². The molecule has 0 N–H and O–H groups in total. The first-order chi connectivity index (χ1) is 15.6. The van der Waals surface area contributed by atoms with Gasteiger partial charge >= 0.3 is 0 Å². The fraction of sp³-hybridized carbons (Fsp3) is 0.409. The second-order valence-corrected chi connectivity index (χ2v) is 11.9. The highest BCUT2D eigenvalue weighted by Gasteiger charge is 2.38. The van der Waals surface area contributed by atoms with Gasteiger partial charge in [0.2, 0.25) is 26.0 Å². The van der Waals surface area contributed by atoms with E-state index in [9.17, 15) is 21.6 Å². The number of anilines is 2. The average molecular weight is 494 g/mol. The van der Waals surface area contributed by atoms with E-state index in [-0.39, 0.29) is 48.2 Å². The molecular formula is C22H27N3O6S2. The molecule has 11 heteroatoms. The van der Waals surface area contributed by atoms with Crippen molar-refractivity contribution in [2.75, 3.05) is 47.7 Å². The number of hydrogen-bond donors (Lipinski definition) is 0. The summed E-state index contributed by atoms with van der Waals surface area (Å²) in [5.74, 6) is -0.733. The highest BCUT2D eigenvalue weighted by atomic mass is 32.2. The molecule has 4 rings (SSSR count). The summed E-state index contributed by atoms with van der Waals surface area (Å²) in [7, 11) is -7.80. The largest absolute Gasteiger partial charge is 0.492 e. The Balaban J connectivity index is 1.63. The lowest BCUT2D eigenvalue weighted by atomic mass is 10.2. The number of carbonyl (C=O) groups excluding carboxylic acids is 1. The van der Waals surface area contributed by atoms with E-state index in [1.807, 2.05) is 25.1 Å². The van der Waals surface area contributed by atoms with Gasteiger partial charge in [0.25, 0.3) is 0 Å². The molecule has 2 aliphatic heterocycles. The topological polar surface area (TPSA) is 104 Å². The zero-order valence-electron chi connectivity index (χ0n) is 18.6. The Bertz CT molecular complexity index is 1270. The Labute approximate surface area is 194 Å². The number of nitrogens with zero attached hydrogens (tertiary/aromatic N) is 3. The second-order valence-electron chi connectivity index (χ2n) is 8.02. The van der Waals surface area contributed by atoms with E-state index in [4.69, 9.17) is 4.74 Å². The Morgan fingerprint density at radius 2 is 1.73 bits per heavy atom. The Morgan fingerprint density at radius 3 is 2.33 bits per heavy atom. The van der Waals surface area contributed by atoms with Gasteiger partial charge in [-0.3, -0.25) is 4.79 Å². The molecule has 0 aliphatic carbocycles. The molecule has 178 valence electrons. The summed E-state index contributed by atoms with van der Waals surface area (Å²) in [6, 6.07) is 12.1.